The van der Waals surface area contributed by atoms with Gasteiger partial charge in [0.05, 0.1) is 22.8 Å². The minimum Gasteiger partial charge on any atom is -0.264 e. The van der Waals surface area contributed by atoms with Crippen molar-refractivity contribution in [1.82, 2.24) is 14.8 Å². The molecule has 120 valence electrons. The van der Waals surface area contributed by atoms with Crippen molar-refractivity contribution in [1.29, 1.82) is 5.26 Å². The lowest BCUT2D eigenvalue weighted by Crippen LogP contribution is -2.06. The molecule has 0 atom stereocenters. The van der Waals surface area contributed by atoms with Gasteiger partial charge in [0, 0.05) is 23.1 Å². The Labute approximate surface area is 146 Å². The zero-order valence-electron chi connectivity index (χ0n) is 13.8. The van der Waals surface area contributed by atoms with Crippen LogP contribution < -0.4 is 0 Å². The number of nitriles is 1. The zero-order valence-corrected chi connectivity index (χ0v) is 14.6. The highest BCUT2D eigenvalue weighted by Gasteiger charge is 2.15. The Hall–Kier alpha value is -2.64. The highest BCUT2D eigenvalue weighted by Crippen LogP contribution is 2.30. The summed E-state index contributed by atoms with van der Waals surface area (Å²) in [6.45, 7) is 6.72. The molecule has 2 aromatic heterocycles. The van der Waals surface area contributed by atoms with E-state index < -0.39 is 0 Å². The molecule has 1 aromatic carbocycles. The van der Waals surface area contributed by atoms with E-state index in [1.54, 1.807) is 12.3 Å². The van der Waals surface area contributed by atoms with Crippen molar-refractivity contribution in [3.05, 3.63) is 69.8 Å². The largest absolute Gasteiger partial charge is 0.264 e. The Balaban J connectivity index is 2.03. The van der Waals surface area contributed by atoms with Gasteiger partial charge in [0.25, 0.3) is 0 Å². The Bertz CT molecular complexity index is 950. The van der Waals surface area contributed by atoms with Crippen LogP contribution in [0.1, 0.15) is 28.2 Å². The van der Waals surface area contributed by atoms with E-state index >= 15 is 0 Å². The molecule has 0 aliphatic carbocycles. The molecular formula is C19H17ClN4. The molecule has 3 rings (SSSR count). The van der Waals surface area contributed by atoms with Gasteiger partial charge >= 0.3 is 0 Å². The van der Waals surface area contributed by atoms with Gasteiger partial charge in [0.1, 0.15) is 6.07 Å². The minimum absolute atomic E-state index is 0.463. The van der Waals surface area contributed by atoms with Crippen molar-refractivity contribution in [3.8, 4) is 17.2 Å². The summed E-state index contributed by atoms with van der Waals surface area (Å²) < 4.78 is 1.99. The average Bonchev–Trinajstić information content (AvgIpc) is 2.83. The standard InChI is InChI=1S/C19H17ClN4/c1-12-17(5-4-8-22-12)11-24-14(3)19(13(2)23-24)15-6-7-16(10-21)18(20)9-15/h4-9H,11H2,1-3H3. The van der Waals surface area contributed by atoms with Gasteiger partial charge in [-0.25, -0.2) is 0 Å². The van der Waals surface area contributed by atoms with Crippen LogP contribution in [0.4, 0.5) is 0 Å². The number of aryl methyl sites for hydroxylation is 2. The number of rotatable bonds is 3. The number of halogens is 1. The van der Waals surface area contributed by atoms with E-state index in [4.69, 9.17) is 16.9 Å². The first kappa shape index (κ1) is 16.2. The smallest absolute Gasteiger partial charge is 0.101 e. The monoisotopic (exact) mass is 336 g/mol. The van der Waals surface area contributed by atoms with Crippen LogP contribution in [-0.4, -0.2) is 14.8 Å². The van der Waals surface area contributed by atoms with Crippen molar-refractivity contribution in [2.75, 3.05) is 0 Å². The van der Waals surface area contributed by atoms with E-state index in [-0.39, 0.29) is 0 Å². The van der Waals surface area contributed by atoms with Gasteiger partial charge < -0.3 is 0 Å². The van der Waals surface area contributed by atoms with Gasteiger partial charge in [-0.2, -0.15) is 10.4 Å². The quantitative estimate of drug-likeness (QED) is 0.710. The van der Waals surface area contributed by atoms with Crippen LogP contribution in [0.2, 0.25) is 5.02 Å². The molecule has 0 saturated heterocycles. The number of aromatic nitrogens is 3. The van der Waals surface area contributed by atoms with E-state index in [9.17, 15) is 0 Å². The molecule has 0 saturated carbocycles. The van der Waals surface area contributed by atoms with Crippen LogP contribution in [0.25, 0.3) is 11.1 Å². The SMILES string of the molecule is Cc1ncccc1Cn1nc(C)c(-c2ccc(C#N)c(Cl)c2)c1C. The summed E-state index contributed by atoms with van der Waals surface area (Å²) in [5.74, 6) is 0. The fraction of sp³-hybridized carbons (Fsp3) is 0.211. The van der Waals surface area contributed by atoms with Crippen molar-refractivity contribution in [2.45, 2.75) is 27.3 Å². The maximum Gasteiger partial charge on any atom is 0.101 e. The molecule has 0 fully saturated rings. The number of hydrogen-bond acceptors (Lipinski definition) is 3. The van der Waals surface area contributed by atoms with E-state index in [1.165, 1.54) is 0 Å². The predicted molar refractivity (Wildman–Crippen MR) is 94.9 cm³/mol. The van der Waals surface area contributed by atoms with E-state index in [0.29, 0.717) is 17.1 Å². The average molecular weight is 337 g/mol. The summed E-state index contributed by atoms with van der Waals surface area (Å²) in [6, 6.07) is 11.6. The Morgan fingerprint density at radius 1 is 1.17 bits per heavy atom. The Kier molecular flexibility index (Phi) is 4.37. The molecule has 5 heteroatoms. The highest BCUT2D eigenvalue weighted by atomic mass is 35.5. The lowest BCUT2D eigenvalue weighted by Gasteiger charge is -2.08. The van der Waals surface area contributed by atoms with Gasteiger partial charge in [-0.1, -0.05) is 23.7 Å². The van der Waals surface area contributed by atoms with Crippen molar-refractivity contribution < 1.29 is 0 Å². The number of hydrogen-bond donors (Lipinski definition) is 0. The molecule has 0 radical (unpaired) electrons. The van der Waals surface area contributed by atoms with Crippen LogP contribution >= 0.6 is 11.6 Å². The van der Waals surface area contributed by atoms with Gasteiger partial charge in [-0.05, 0) is 50.1 Å². The van der Waals surface area contributed by atoms with Crippen LogP contribution in [-0.2, 0) is 6.54 Å². The topological polar surface area (TPSA) is 54.5 Å². The molecule has 4 nitrogen and oxygen atoms in total. The summed E-state index contributed by atoms with van der Waals surface area (Å²) in [6.07, 6.45) is 1.80. The first-order chi connectivity index (χ1) is 11.5. The minimum atomic E-state index is 0.463. The van der Waals surface area contributed by atoms with Crippen LogP contribution in [0.3, 0.4) is 0 Å². The van der Waals surface area contributed by atoms with Crippen LogP contribution in [0.5, 0.6) is 0 Å². The zero-order chi connectivity index (χ0) is 17.3. The molecule has 0 amide bonds. The van der Waals surface area contributed by atoms with E-state index in [0.717, 1.165) is 33.8 Å². The normalized spacial score (nSPS) is 10.6. The molecule has 0 aliphatic rings. The molecule has 2 heterocycles. The Morgan fingerprint density at radius 2 is 1.96 bits per heavy atom. The summed E-state index contributed by atoms with van der Waals surface area (Å²) in [7, 11) is 0. The molecule has 0 spiro atoms. The van der Waals surface area contributed by atoms with Crippen molar-refractivity contribution in [2.24, 2.45) is 0 Å². The summed E-state index contributed by atoms with van der Waals surface area (Å²) in [5.41, 5.74) is 6.67. The first-order valence-corrected chi connectivity index (χ1v) is 8.03. The fourth-order valence-electron chi connectivity index (χ4n) is 2.88. The maximum atomic E-state index is 9.03. The maximum absolute atomic E-state index is 9.03. The van der Waals surface area contributed by atoms with Gasteiger partial charge in [-0.3, -0.25) is 9.67 Å². The van der Waals surface area contributed by atoms with Gasteiger partial charge in [-0.15, -0.1) is 0 Å². The molecule has 0 N–H and O–H groups in total. The third-order valence-electron chi connectivity index (χ3n) is 4.20. The molecule has 24 heavy (non-hydrogen) atoms. The second kappa shape index (κ2) is 6.46. The van der Waals surface area contributed by atoms with Crippen molar-refractivity contribution in [3.63, 3.8) is 0 Å². The second-order valence-electron chi connectivity index (χ2n) is 5.76. The predicted octanol–water partition coefficient (Wildman–Crippen LogP) is 4.44. The summed E-state index contributed by atoms with van der Waals surface area (Å²) in [5, 5.41) is 14.2. The third-order valence-corrected chi connectivity index (χ3v) is 4.51. The number of pyridine rings is 1. The molecule has 0 unspecified atom stereocenters. The summed E-state index contributed by atoms with van der Waals surface area (Å²) >= 11 is 6.18. The van der Waals surface area contributed by atoms with E-state index in [2.05, 4.69) is 22.2 Å². The molecule has 0 bridgehead atoms. The van der Waals surface area contributed by atoms with Gasteiger partial charge in [0.15, 0.2) is 0 Å². The second-order valence-corrected chi connectivity index (χ2v) is 6.17. The first-order valence-electron chi connectivity index (χ1n) is 7.65. The van der Waals surface area contributed by atoms with Crippen LogP contribution in [0, 0.1) is 32.1 Å². The molecule has 0 aliphatic heterocycles. The lowest BCUT2D eigenvalue weighted by atomic mass is 10.0. The van der Waals surface area contributed by atoms with Gasteiger partial charge in [0.2, 0.25) is 0 Å². The lowest BCUT2D eigenvalue weighted by molar-refractivity contribution is 0.654. The number of benzene rings is 1. The Morgan fingerprint density at radius 3 is 2.62 bits per heavy atom. The third kappa shape index (κ3) is 2.91. The van der Waals surface area contributed by atoms with Crippen molar-refractivity contribution >= 4 is 11.6 Å². The van der Waals surface area contributed by atoms with E-state index in [1.807, 2.05) is 43.7 Å². The highest BCUT2D eigenvalue weighted by molar-refractivity contribution is 6.32. The fourth-order valence-corrected chi connectivity index (χ4v) is 3.10. The number of nitrogens with zero attached hydrogens (tertiary/aromatic N) is 4. The van der Waals surface area contributed by atoms with Crippen LogP contribution in [0.15, 0.2) is 36.5 Å². The molecule has 3 aromatic rings. The molecular weight excluding hydrogens is 320 g/mol. The summed E-state index contributed by atoms with van der Waals surface area (Å²) in [4.78, 5) is 4.33.